The molecule has 0 atom stereocenters. The highest BCUT2D eigenvalue weighted by Gasteiger charge is 2.66. The van der Waals surface area contributed by atoms with Crippen molar-refractivity contribution < 1.29 is 80.2 Å². The third-order valence-electron chi connectivity index (χ3n) is 5.57. The van der Waals surface area contributed by atoms with Crippen LogP contribution in [-0.2, 0) is 14.4 Å². The molecule has 0 aromatic carbocycles. The molecule has 0 aromatic heterocycles. The van der Waals surface area contributed by atoms with Gasteiger partial charge in [-0.05, 0) is 19.4 Å². The number of hydrogen-bond donors (Lipinski definition) is 1. The van der Waals surface area contributed by atoms with Crippen LogP contribution in [0.15, 0.2) is 0 Å². The molecule has 1 N–H and O–H groups in total. The SMILES string of the molecule is O=C(N1CCCN(C(=O)C(F)(F)C(F)(F)F)CCN(C(=O)C(F)(F)C(F)(F)F)CCCNCC1)C(F)(F)C(F)(F)F. The van der Waals surface area contributed by atoms with Gasteiger partial charge in [0.2, 0.25) is 0 Å². The third kappa shape index (κ3) is 8.43. The van der Waals surface area contributed by atoms with Crippen LogP contribution in [0.4, 0.5) is 65.9 Å². The topological polar surface area (TPSA) is 73.0 Å². The van der Waals surface area contributed by atoms with E-state index in [1.54, 1.807) is 0 Å². The van der Waals surface area contributed by atoms with Gasteiger partial charge in [0, 0.05) is 45.8 Å². The molecule has 0 aliphatic carbocycles. The van der Waals surface area contributed by atoms with E-state index in [2.05, 4.69) is 5.32 Å². The Kier molecular flexibility index (Phi) is 11.2. The summed E-state index contributed by atoms with van der Waals surface area (Å²) in [6.07, 6.45) is -20.9. The lowest BCUT2D eigenvalue weighted by Gasteiger charge is -2.33. The number of alkyl halides is 15. The molecule has 240 valence electrons. The molecule has 22 heteroatoms. The van der Waals surface area contributed by atoms with E-state index in [1.165, 1.54) is 0 Å². The fraction of sp³-hybridized carbons (Fsp3) is 0.842. The number of nitrogens with one attached hydrogen (secondary N) is 1. The van der Waals surface area contributed by atoms with Crippen molar-refractivity contribution in [1.29, 1.82) is 0 Å². The molecule has 1 aliphatic rings. The number of hydrogen-bond acceptors (Lipinski definition) is 4. The maximum atomic E-state index is 13.7. The van der Waals surface area contributed by atoms with E-state index in [0.717, 1.165) is 0 Å². The Balaban J connectivity index is 3.36. The molecule has 1 aliphatic heterocycles. The van der Waals surface area contributed by atoms with Gasteiger partial charge in [-0.3, -0.25) is 14.4 Å². The van der Waals surface area contributed by atoms with Crippen molar-refractivity contribution in [1.82, 2.24) is 20.0 Å². The van der Waals surface area contributed by atoms with Crippen LogP contribution in [-0.4, -0.2) is 121 Å². The van der Waals surface area contributed by atoms with Gasteiger partial charge in [-0.15, -0.1) is 0 Å². The van der Waals surface area contributed by atoms with Crippen LogP contribution >= 0.6 is 0 Å². The number of amides is 3. The Morgan fingerprint density at radius 1 is 0.415 bits per heavy atom. The average molecular weight is 638 g/mol. The van der Waals surface area contributed by atoms with Crippen molar-refractivity contribution in [3.8, 4) is 0 Å². The van der Waals surface area contributed by atoms with Gasteiger partial charge in [0.15, 0.2) is 0 Å². The van der Waals surface area contributed by atoms with Gasteiger partial charge in [-0.2, -0.15) is 65.9 Å². The van der Waals surface area contributed by atoms with E-state index >= 15 is 0 Å². The van der Waals surface area contributed by atoms with Gasteiger partial charge >= 0.3 is 54.0 Å². The van der Waals surface area contributed by atoms with E-state index in [9.17, 15) is 80.2 Å². The normalized spacial score (nSPS) is 18.7. The van der Waals surface area contributed by atoms with E-state index in [-0.39, 0.29) is 9.80 Å². The average Bonchev–Trinajstić information content (AvgIpc) is 2.81. The van der Waals surface area contributed by atoms with E-state index in [0.29, 0.717) is 0 Å². The first-order valence-corrected chi connectivity index (χ1v) is 11.2. The second-order valence-corrected chi connectivity index (χ2v) is 8.55. The molecule has 3 amide bonds. The molecule has 0 aromatic rings. The molecule has 7 nitrogen and oxygen atoms in total. The molecular weight excluding hydrogens is 617 g/mol. The maximum absolute atomic E-state index is 13.7. The van der Waals surface area contributed by atoms with Crippen molar-refractivity contribution in [3.05, 3.63) is 0 Å². The quantitative estimate of drug-likeness (QED) is 0.482. The van der Waals surface area contributed by atoms with E-state index in [1.807, 2.05) is 0 Å². The first-order chi connectivity index (χ1) is 18.3. The molecule has 0 unspecified atom stereocenters. The molecule has 1 rings (SSSR count). The van der Waals surface area contributed by atoms with Gasteiger partial charge in [0.1, 0.15) is 0 Å². The monoisotopic (exact) mass is 638 g/mol. The van der Waals surface area contributed by atoms with Gasteiger partial charge in [0.05, 0.1) is 0 Å². The summed E-state index contributed by atoms with van der Waals surface area (Å²) in [5, 5.41) is 2.35. The minimum Gasteiger partial charge on any atom is -0.336 e. The molecule has 1 saturated heterocycles. The summed E-state index contributed by atoms with van der Waals surface area (Å²) in [4.78, 5) is 35.0. The second-order valence-electron chi connectivity index (χ2n) is 8.55. The Morgan fingerprint density at radius 3 is 1.02 bits per heavy atom. The number of carbonyl (C=O) groups excluding carboxylic acids is 3. The van der Waals surface area contributed by atoms with E-state index < -0.39 is 124 Å². The predicted molar refractivity (Wildman–Crippen MR) is 105 cm³/mol. The van der Waals surface area contributed by atoms with Crippen LogP contribution in [0.5, 0.6) is 0 Å². The van der Waals surface area contributed by atoms with E-state index in [4.69, 9.17) is 0 Å². The Bertz CT molecular complexity index is 934. The highest BCUT2D eigenvalue weighted by molar-refractivity contribution is 5.86. The summed E-state index contributed by atoms with van der Waals surface area (Å²) >= 11 is 0. The first-order valence-electron chi connectivity index (χ1n) is 11.2. The number of halogens is 15. The summed E-state index contributed by atoms with van der Waals surface area (Å²) < 4.78 is 196. The van der Waals surface area contributed by atoms with Crippen LogP contribution in [0.3, 0.4) is 0 Å². The highest BCUT2D eigenvalue weighted by atomic mass is 19.4. The lowest BCUT2D eigenvalue weighted by atomic mass is 10.2. The third-order valence-corrected chi connectivity index (χ3v) is 5.57. The van der Waals surface area contributed by atoms with Crippen molar-refractivity contribution in [2.24, 2.45) is 0 Å². The Morgan fingerprint density at radius 2 is 0.707 bits per heavy atom. The Hall–Kier alpha value is -2.68. The summed E-state index contributed by atoms with van der Waals surface area (Å²) in [6, 6.07) is 0. The molecule has 1 fully saturated rings. The highest BCUT2D eigenvalue weighted by Crippen LogP contribution is 2.39. The molecule has 1 heterocycles. The standard InChI is InChI=1S/C19H21F15N4O3/c20-14(21,17(26,27)28)11(39)36-6-2-7-38(13(41)16(24,25)19(32,33)34)10-9-37(5-1-3-35-4-8-36)12(40)15(22,23)18(29,30)31/h35H,1-10H2. The van der Waals surface area contributed by atoms with Crippen molar-refractivity contribution >= 4 is 17.7 Å². The summed E-state index contributed by atoms with van der Waals surface area (Å²) in [5.41, 5.74) is 0. The molecule has 0 bridgehead atoms. The second kappa shape index (κ2) is 12.7. The van der Waals surface area contributed by atoms with Crippen molar-refractivity contribution in [2.75, 3.05) is 52.4 Å². The minimum atomic E-state index is -6.55. The van der Waals surface area contributed by atoms with Gasteiger partial charge in [0.25, 0.3) is 0 Å². The minimum absolute atomic E-state index is 0.115. The number of nitrogens with zero attached hydrogens (tertiary/aromatic N) is 3. The lowest BCUT2D eigenvalue weighted by molar-refractivity contribution is -0.276. The van der Waals surface area contributed by atoms with Crippen LogP contribution in [0.1, 0.15) is 12.8 Å². The summed E-state index contributed by atoms with van der Waals surface area (Å²) in [5.74, 6) is -27.0. The largest absolute Gasteiger partial charge is 0.463 e. The maximum Gasteiger partial charge on any atom is 0.463 e. The zero-order chi connectivity index (χ0) is 32.2. The van der Waals surface area contributed by atoms with Crippen molar-refractivity contribution in [3.63, 3.8) is 0 Å². The number of carbonyl (C=O) groups is 3. The van der Waals surface area contributed by atoms with Crippen LogP contribution in [0, 0.1) is 0 Å². The fourth-order valence-corrected chi connectivity index (χ4v) is 3.33. The van der Waals surface area contributed by atoms with Gasteiger partial charge < -0.3 is 20.0 Å². The van der Waals surface area contributed by atoms with Crippen LogP contribution in [0.2, 0.25) is 0 Å². The molecule has 41 heavy (non-hydrogen) atoms. The van der Waals surface area contributed by atoms with Gasteiger partial charge in [-0.1, -0.05) is 0 Å². The summed E-state index contributed by atoms with van der Waals surface area (Å²) in [7, 11) is 0. The zero-order valence-corrected chi connectivity index (χ0v) is 20.3. The predicted octanol–water partition coefficient (Wildman–Crippen LogP) is 3.45. The zero-order valence-electron chi connectivity index (χ0n) is 20.3. The van der Waals surface area contributed by atoms with Crippen LogP contribution in [0.25, 0.3) is 0 Å². The summed E-state index contributed by atoms with van der Waals surface area (Å²) in [6.45, 7) is -8.52. The molecular formula is C19H21F15N4O3. The fourth-order valence-electron chi connectivity index (χ4n) is 3.33. The first kappa shape index (κ1) is 36.3. The smallest absolute Gasteiger partial charge is 0.336 e. The molecule has 0 radical (unpaired) electrons. The Labute approximate surface area is 220 Å². The molecule has 0 spiro atoms. The van der Waals surface area contributed by atoms with Gasteiger partial charge in [-0.25, -0.2) is 0 Å². The molecule has 0 saturated carbocycles. The van der Waals surface area contributed by atoms with Crippen molar-refractivity contribution in [2.45, 2.75) is 49.1 Å². The lowest BCUT2D eigenvalue weighted by Crippen LogP contribution is -2.57. The number of rotatable bonds is 3. The van der Waals surface area contributed by atoms with Crippen LogP contribution < -0.4 is 5.32 Å².